The summed E-state index contributed by atoms with van der Waals surface area (Å²) in [6, 6.07) is 0.00241. The van der Waals surface area contributed by atoms with Gasteiger partial charge in [-0.2, -0.15) is 0 Å². The van der Waals surface area contributed by atoms with Crippen molar-refractivity contribution in [2.24, 2.45) is 11.8 Å². The second kappa shape index (κ2) is 8.53. The fourth-order valence-electron chi connectivity index (χ4n) is 1.21. The van der Waals surface area contributed by atoms with Crippen molar-refractivity contribution < 1.29 is 14.6 Å². The van der Waals surface area contributed by atoms with Crippen LogP contribution in [0.5, 0.6) is 0 Å². The summed E-state index contributed by atoms with van der Waals surface area (Å²) in [6.07, 6.45) is 0.920. The predicted octanol–water partition coefficient (Wildman–Crippen LogP) is 1.75. The van der Waals surface area contributed by atoms with Gasteiger partial charge < -0.3 is 15.2 Å². The van der Waals surface area contributed by atoms with E-state index >= 15 is 0 Å². The number of carboxylic acids is 1. The van der Waals surface area contributed by atoms with Crippen LogP contribution in [0.2, 0.25) is 0 Å². The zero-order valence-electron chi connectivity index (χ0n) is 10.8. The van der Waals surface area contributed by atoms with Gasteiger partial charge >= 0.3 is 5.97 Å². The van der Waals surface area contributed by atoms with Gasteiger partial charge in [-0.15, -0.1) is 0 Å². The fourth-order valence-corrected chi connectivity index (χ4v) is 1.21. The van der Waals surface area contributed by atoms with Gasteiger partial charge in [0, 0.05) is 19.3 Å². The van der Waals surface area contributed by atoms with Crippen LogP contribution in [0.25, 0.3) is 0 Å². The summed E-state index contributed by atoms with van der Waals surface area (Å²) in [6.45, 7) is 10.2. The Bertz CT molecular complexity index is 195. The molecule has 0 aromatic rings. The van der Waals surface area contributed by atoms with Crippen LogP contribution in [0.4, 0.5) is 0 Å². The standard InChI is InChI=1S/C12H25NO3/c1-9(2)8-16-7-5-6-13-11(4)10(3)12(14)15/h9-11,13H,5-8H2,1-4H3,(H,14,15). The number of ether oxygens (including phenoxy) is 1. The molecule has 0 aromatic carbocycles. The Labute approximate surface area is 98.4 Å². The number of carboxylic acid groups (broad SMARTS) is 1. The molecule has 16 heavy (non-hydrogen) atoms. The normalized spacial score (nSPS) is 15.1. The first-order valence-corrected chi connectivity index (χ1v) is 5.99. The average Bonchev–Trinajstić information content (AvgIpc) is 2.21. The van der Waals surface area contributed by atoms with Gasteiger partial charge in [0.15, 0.2) is 0 Å². The van der Waals surface area contributed by atoms with Crippen molar-refractivity contribution in [1.82, 2.24) is 5.32 Å². The monoisotopic (exact) mass is 231 g/mol. The van der Waals surface area contributed by atoms with Gasteiger partial charge in [-0.1, -0.05) is 20.8 Å². The number of aliphatic carboxylic acids is 1. The number of hydrogen-bond acceptors (Lipinski definition) is 3. The Hall–Kier alpha value is -0.610. The lowest BCUT2D eigenvalue weighted by molar-refractivity contribution is -0.141. The fraction of sp³-hybridized carbons (Fsp3) is 0.917. The van der Waals surface area contributed by atoms with Crippen LogP contribution in [0.15, 0.2) is 0 Å². The van der Waals surface area contributed by atoms with Gasteiger partial charge in [-0.05, 0) is 25.8 Å². The van der Waals surface area contributed by atoms with E-state index in [1.54, 1.807) is 6.92 Å². The zero-order valence-corrected chi connectivity index (χ0v) is 10.8. The van der Waals surface area contributed by atoms with Crippen molar-refractivity contribution in [1.29, 1.82) is 0 Å². The molecule has 0 aliphatic heterocycles. The van der Waals surface area contributed by atoms with Crippen LogP contribution in [-0.4, -0.2) is 36.9 Å². The first kappa shape index (κ1) is 15.4. The van der Waals surface area contributed by atoms with Crippen molar-refractivity contribution >= 4 is 5.97 Å². The quantitative estimate of drug-likeness (QED) is 0.594. The third-order valence-electron chi connectivity index (χ3n) is 2.52. The summed E-state index contributed by atoms with van der Waals surface area (Å²) in [5.74, 6) is -0.536. The van der Waals surface area contributed by atoms with Crippen LogP contribution in [-0.2, 0) is 9.53 Å². The molecule has 96 valence electrons. The lowest BCUT2D eigenvalue weighted by Crippen LogP contribution is -2.37. The molecule has 0 bridgehead atoms. The Morgan fingerprint density at radius 1 is 1.31 bits per heavy atom. The van der Waals surface area contributed by atoms with E-state index in [1.807, 2.05) is 6.92 Å². The zero-order chi connectivity index (χ0) is 12.6. The molecular weight excluding hydrogens is 206 g/mol. The maximum absolute atomic E-state index is 10.7. The summed E-state index contributed by atoms with van der Waals surface area (Å²) in [5.41, 5.74) is 0. The van der Waals surface area contributed by atoms with Crippen molar-refractivity contribution in [3.05, 3.63) is 0 Å². The topological polar surface area (TPSA) is 58.6 Å². The molecule has 0 aliphatic rings. The summed E-state index contributed by atoms with van der Waals surface area (Å²) in [7, 11) is 0. The van der Waals surface area contributed by atoms with E-state index < -0.39 is 5.97 Å². The smallest absolute Gasteiger partial charge is 0.307 e. The van der Waals surface area contributed by atoms with E-state index in [9.17, 15) is 4.79 Å². The van der Waals surface area contributed by atoms with Crippen molar-refractivity contribution in [3.63, 3.8) is 0 Å². The minimum absolute atomic E-state index is 0.00241. The van der Waals surface area contributed by atoms with Crippen molar-refractivity contribution in [3.8, 4) is 0 Å². The Balaban J connectivity index is 3.41. The number of rotatable bonds is 9. The molecule has 0 aromatic heterocycles. The van der Waals surface area contributed by atoms with E-state index in [0.717, 1.165) is 26.2 Å². The SMILES string of the molecule is CC(C)COCCCNC(C)C(C)C(=O)O. The van der Waals surface area contributed by atoms with Gasteiger partial charge in [0.25, 0.3) is 0 Å². The largest absolute Gasteiger partial charge is 0.481 e. The highest BCUT2D eigenvalue weighted by Crippen LogP contribution is 2.02. The summed E-state index contributed by atoms with van der Waals surface area (Å²) < 4.78 is 5.43. The third-order valence-corrected chi connectivity index (χ3v) is 2.52. The van der Waals surface area contributed by atoms with Gasteiger partial charge in [-0.3, -0.25) is 4.79 Å². The van der Waals surface area contributed by atoms with Crippen molar-refractivity contribution in [2.75, 3.05) is 19.8 Å². The third kappa shape index (κ3) is 7.65. The molecule has 0 saturated heterocycles. The highest BCUT2D eigenvalue weighted by molar-refractivity contribution is 5.70. The minimum atomic E-state index is -0.754. The van der Waals surface area contributed by atoms with E-state index in [4.69, 9.17) is 9.84 Å². The molecule has 2 unspecified atom stereocenters. The number of nitrogens with one attached hydrogen (secondary N) is 1. The molecule has 0 spiro atoms. The molecule has 4 heteroatoms. The second-order valence-corrected chi connectivity index (χ2v) is 4.69. The molecule has 0 aliphatic carbocycles. The van der Waals surface area contributed by atoms with E-state index in [1.165, 1.54) is 0 Å². The molecule has 0 radical (unpaired) electrons. The average molecular weight is 231 g/mol. The van der Waals surface area contributed by atoms with Crippen LogP contribution >= 0.6 is 0 Å². The lowest BCUT2D eigenvalue weighted by Gasteiger charge is -2.17. The molecule has 0 heterocycles. The summed E-state index contributed by atoms with van der Waals surface area (Å²) >= 11 is 0. The van der Waals surface area contributed by atoms with Crippen LogP contribution in [0.1, 0.15) is 34.1 Å². The minimum Gasteiger partial charge on any atom is -0.481 e. The molecule has 0 amide bonds. The van der Waals surface area contributed by atoms with Gasteiger partial charge in [-0.25, -0.2) is 0 Å². The Morgan fingerprint density at radius 3 is 2.44 bits per heavy atom. The molecule has 2 N–H and O–H groups in total. The number of hydrogen-bond donors (Lipinski definition) is 2. The predicted molar refractivity (Wildman–Crippen MR) is 64.5 cm³/mol. The van der Waals surface area contributed by atoms with Gasteiger partial charge in [0.1, 0.15) is 0 Å². The molecule has 0 saturated carbocycles. The lowest BCUT2D eigenvalue weighted by atomic mass is 10.0. The van der Waals surface area contributed by atoms with Gasteiger partial charge in [0.05, 0.1) is 5.92 Å². The maximum Gasteiger partial charge on any atom is 0.307 e. The maximum atomic E-state index is 10.7. The first-order valence-electron chi connectivity index (χ1n) is 5.99. The molecule has 0 rings (SSSR count). The van der Waals surface area contributed by atoms with Gasteiger partial charge in [0.2, 0.25) is 0 Å². The van der Waals surface area contributed by atoms with E-state index in [0.29, 0.717) is 5.92 Å². The molecule has 2 atom stereocenters. The first-order chi connectivity index (χ1) is 7.45. The van der Waals surface area contributed by atoms with E-state index in [2.05, 4.69) is 19.2 Å². The number of carbonyl (C=O) groups is 1. The second-order valence-electron chi connectivity index (χ2n) is 4.69. The Morgan fingerprint density at radius 2 is 1.94 bits per heavy atom. The molecular formula is C12H25NO3. The van der Waals surface area contributed by atoms with Crippen LogP contribution < -0.4 is 5.32 Å². The van der Waals surface area contributed by atoms with Crippen LogP contribution in [0, 0.1) is 11.8 Å². The highest BCUT2D eigenvalue weighted by Gasteiger charge is 2.17. The van der Waals surface area contributed by atoms with Crippen LogP contribution in [0.3, 0.4) is 0 Å². The van der Waals surface area contributed by atoms with Crippen molar-refractivity contribution in [2.45, 2.75) is 40.2 Å². The highest BCUT2D eigenvalue weighted by atomic mass is 16.5. The molecule has 0 fully saturated rings. The summed E-state index contributed by atoms with van der Waals surface area (Å²) in [4.78, 5) is 10.7. The molecule has 4 nitrogen and oxygen atoms in total. The summed E-state index contributed by atoms with van der Waals surface area (Å²) in [5, 5.41) is 12.0. The van der Waals surface area contributed by atoms with E-state index in [-0.39, 0.29) is 12.0 Å². The Kier molecular flexibility index (Phi) is 8.21.